The van der Waals surface area contributed by atoms with Crippen LogP contribution in [0.15, 0.2) is 48.7 Å². The molecule has 1 N–H and O–H groups in total. The first-order chi connectivity index (χ1) is 8.36. The lowest BCUT2D eigenvalue weighted by molar-refractivity contribution is 0.716. The Morgan fingerprint density at radius 3 is 2.76 bits per heavy atom. The molecule has 0 saturated carbocycles. The number of hydrogen-bond acceptors (Lipinski definition) is 1. The van der Waals surface area contributed by atoms with Crippen LogP contribution in [0.1, 0.15) is 28.3 Å². The molecular weight excluding hydrogens is 206 g/mol. The monoisotopic (exact) mass is 220 g/mol. The first-order valence-corrected chi connectivity index (χ1v) is 5.85. The van der Waals surface area contributed by atoms with E-state index in [1.165, 1.54) is 22.3 Å². The van der Waals surface area contributed by atoms with E-state index < -0.39 is 0 Å². The van der Waals surface area contributed by atoms with Gasteiger partial charge in [-0.05, 0) is 47.5 Å². The molecule has 1 aliphatic rings. The lowest BCUT2D eigenvalue weighted by atomic mass is 9.90. The summed E-state index contributed by atoms with van der Waals surface area (Å²) in [4.78, 5) is 0. The van der Waals surface area contributed by atoms with Crippen LogP contribution < -0.4 is 5.32 Å². The Balaban J connectivity index is 2.12. The van der Waals surface area contributed by atoms with E-state index in [9.17, 15) is 0 Å². The number of fused-ring (bicyclic) bond motifs is 1. The van der Waals surface area contributed by atoms with Crippen LogP contribution >= 0.6 is 0 Å². The Kier molecular flexibility index (Phi) is 2.45. The molecule has 0 aliphatic carbocycles. The maximum Gasteiger partial charge on any atom is 0.0771 e. The predicted octanol–water partition coefficient (Wildman–Crippen LogP) is 3.46. The van der Waals surface area contributed by atoms with Crippen molar-refractivity contribution in [3.8, 4) is 0 Å². The highest BCUT2D eigenvalue weighted by Gasteiger charge is 2.18. The summed E-state index contributed by atoms with van der Waals surface area (Å²) in [5.74, 6) is 0. The number of aryl methyl sites for hydroxylation is 1. The van der Waals surface area contributed by atoms with Crippen molar-refractivity contribution >= 4 is 6.08 Å². The molecule has 1 nitrogen and oxygen atoms in total. The first-order valence-electron chi connectivity index (χ1n) is 5.85. The minimum Gasteiger partial charge on any atom is -0.380 e. The SMILES string of the molecule is Cc1[c]cccc1C1NC=Cc2ccccc21. The molecule has 0 aromatic heterocycles. The van der Waals surface area contributed by atoms with Crippen LogP contribution in [0.4, 0.5) is 0 Å². The van der Waals surface area contributed by atoms with Gasteiger partial charge in [0.25, 0.3) is 0 Å². The normalized spacial score (nSPS) is 17.4. The third-order valence-corrected chi connectivity index (χ3v) is 3.25. The Labute approximate surface area is 102 Å². The molecule has 1 unspecified atom stereocenters. The quantitative estimate of drug-likeness (QED) is 0.776. The summed E-state index contributed by atoms with van der Waals surface area (Å²) in [5.41, 5.74) is 5.12. The average molecular weight is 220 g/mol. The van der Waals surface area contributed by atoms with Crippen LogP contribution in [0, 0.1) is 13.0 Å². The van der Waals surface area contributed by atoms with Gasteiger partial charge in [-0.2, -0.15) is 0 Å². The Morgan fingerprint density at radius 1 is 1.06 bits per heavy atom. The molecule has 1 heterocycles. The Morgan fingerprint density at radius 2 is 1.88 bits per heavy atom. The van der Waals surface area contributed by atoms with Gasteiger partial charge in [-0.1, -0.05) is 42.5 Å². The van der Waals surface area contributed by atoms with Crippen LogP contribution in [0.2, 0.25) is 0 Å². The lowest BCUT2D eigenvalue weighted by Crippen LogP contribution is -2.21. The fourth-order valence-electron chi connectivity index (χ4n) is 2.35. The van der Waals surface area contributed by atoms with Gasteiger partial charge in [0.1, 0.15) is 0 Å². The fraction of sp³-hybridized carbons (Fsp3) is 0.125. The van der Waals surface area contributed by atoms with E-state index in [0.29, 0.717) is 0 Å². The second kappa shape index (κ2) is 4.10. The van der Waals surface area contributed by atoms with Gasteiger partial charge < -0.3 is 5.32 Å². The average Bonchev–Trinajstić information content (AvgIpc) is 2.39. The smallest absolute Gasteiger partial charge is 0.0771 e. The van der Waals surface area contributed by atoms with Crippen molar-refractivity contribution in [1.82, 2.24) is 5.32 Å². The number of benzene rings is 2. The van der Waals surface area contributed by atoms with Crippen molar-refractivity contribution in [1.29, 1.82) is 0 Å². The minimum atomic E-state index is 0.244. The predicted molar refractivity (Wildman–Crippen MR) is 70.5 cm³/mol. The highest BCUT2D eigenvalue weighted by molar-refractivity contribution is 5.59. The lowest BCUT2D eigenvalue weighted by Gasteiger charge is -2.25. The van der Waals surface area contributed by atoms with Gasteiger partial charge in [0.2, 0.25) is 0 Å². The second-order valence-corrected chi connectivity index (χ2v) is 4.31. The van der Waals surface area contributed by atoms with E-state index in [-0.39, 0.29) is 6.04 Å². The minimum absolute atomic E-state index is 0.244. The Bertz CT molecular complexity index is 569. The number of hydrogen-bond donors (Lipinski definition) is 1. The van der Waals surface area contributed by atoms with Crippen LogP contribution in [0.3, 0.4) is 0 Å². The third kappa shape index (κ3) is 1.74. The summed E-state index contributed by atoms with van der Waals surface area (Å²) >= 11 is 0. The van der Waals surface area contributed by atoms with Crippen molar-refractivity contribution < 1.29 is 0 Å². The molecule has 2 aromatic carbocycles. The van der Waals surface area contributed by atoms with E-state index in [2.05, 4.69) is 54.7 Å². The molecule has 0 fully saturated rings. The van der Waals surface area contributed by atoms with Crippen molar-refractivity contribution in [2.45, 2.75) is 13.0 Å². The van der Waals surface area contributed by atoms with Crippen molar-refractivity contribution in [3.05, 3.63) is 77.0 Å². The van der Waals surface area contributed by atoms with Gasteiger partial charge in [-0.25, -0.2) is 0 Å². The Hall–Kier alpha value is -2.02. The van der Waals surface area contributed by atoms with Crippen molar-refractivity contribution in [3.63, 3.8) is 0 Å². The van der Waals surface area contributed by atoms with Gasteiger partial charge in [0.15, 0.2) is 0 Å². The zero-order valence-electron chi connectivity index (χ0n) is 9.77. The largest absolute Gasteiger partial charge is 0.380 e. The van der Waals surface area contributed by atoms with Crippen molar-refractivity contribution in [2.24, 2.45) is 0 Å². The summed E-state index contributed by atoms with van der Waals surface area (Å²) in [6.45, 7) is 2.11. The van der Waals surface area contributed by atoms with Crippen LogP contribution in [0.5, 0.6) is 0 Å². The van der Waals surface area contributed by atoms with E-state index in [0.717, 1.165) is 0 Å². The van der Waals surface area contributed by atoms with Crippen LogP contribution in [-0.2, 0) is 0 Å². The highest BCUT2D eigenvalue weighted by atomic mass is 14.9. The molecule has 1 aliphatic heterocycles. The van der Waals surface area contributed by atoms with Crippen LogP contribution in [0.25, 0.3) is 6.08 Å². The van der Waals surface area contributed by atoms with E-state index in [1.807, 2.05) is 18.3 Å². The molecule has 0 spiro atoms. The molecule has 0 bridgehead atoms. The molecular formula is C16H14N. The molecule has 0 amide bonds. The first kappa shape index (κ1) is 10.2. The molecule has 83 valence electrons. The van der Waals surface area contributed by atoms with Gasteiger partial charge in [0.05, 0.1) is 6.04 Å². The van der Waals surface area contributed by atoms with E-state index in [1.54, 1.807) is 0 Å². The summed E-state index contributed by atoms with van der Waals surface area (Å²) < 4.78 is 0. The molecule has 0 saturated heterocycles. The molecule has 17 heavy (non-hydrogen) atoms. The summed E-state index contributed by atoms with van der Waals surface area (Å²) in [5, 5.41) is 3.43. The standard InChI is InChI=1S/C16H14N/c1-12-6-2-4-8-14(12)16-15-9-5-3-7-13(15)10-11-17-16/h2-5,7-11,16-17H,1H3. The number of rotatable bonds is 1. The fourth-order valence-corrected chi connectivity index (χ4v) is 2.35. The number of nitrogens with one attached hydrogen (secondary N) is 1. The molecule has 1 radical (unpaired) electrons. The third-order valence-electron chi connectivity index (χ3n) is 3.25. The zero-order chi connectivity index (χ0) is 11.7. The maximum absolute atomic E-state index is 3.43. The van der Waals surface area contributed by atoms with Crippen LogP contribution in [-0.4, -0.2) is 0 Å². The van der Waals surface area contributed by atoms with E-state index in [4.69, 9.17) is 0 Å². The molecule has 1 atom stereocenters. The molecule has 2 aromatic rings. The molecule has 3 rings (SSSR count). The molecule has 1 heteroatoms. The summed E-state index contributed by atoms with van der Waals surface area (Å²) in [6, 6.07) is 18.2. The van der Waals surface area contributed by atoms with E-state index >= 15 is 0 Å². The van der Waals surface area contributed by atoms with Gasteiger partial charge >= 0.3 is 0 Å². The van der Waals surface area contributed by atoms with Crippen molar-refractivity contribution in [2.75, 3.05) is 0 Å². The van der Waals surface area contributed by atoms with Gasteiger partial charge in [-0.3, -0.25) is 0 Å². The summed E-state index contributed by atoms with van der Waals surface area (Å²) in [6.07, 6.45) is 4.15. The topological polar surface area (TPSA) is 12.0 Å². The van der Waals surface area contributed by atoms with Gasteiger partial charge in [-0.15, -0.1) is 0 Å². The second-order valence-electron chi connectivity index (χ2n) is 4.31. The summed E-state index contributed by atoms with van der Waals surface area (Å²) in [7, 11) is 0. The maximum atomic E-state index is 3.43. The zero-order valence-corrected chi connectivity index (χ0v) is 9.77. The highest BCUT2D eigenvalue weighted by Crippen LogP contribution is 2.30. The van der Waals surface area contributed by atoms with Gasteiger partial charge in [0, 0.05) is 0 Å².